The molecule has 20 heavy (non-hydrogen) atoms. The third-order valence-corrected chi connectivity index (χ3v) is 4.06. The van der Waals surface area contributed by atoms with Crippen LogP contribution in [0.25, 0.3) is 0 Å². The summed E-state index contributed by atoms with van der Waals surface area (Å²) in [5.74, 6) is 0. The Bertz CT molecular complexity index is 472. The van der Waals surface area contributed by atoms with Crippen molar-refractivity contribution in [2.75, 3.05) is 6.61 Å². The summed E-state index contributed by atoms with van der Waals surface area (Å²) in [6.45, 7) is 6.09. The Morgan fingerprint density at radius 1 is 1.45 bits per heavy atom. The molecule has 0 radical (unpaired) electrons. The largest absolute Gasteiger partial charge is 0.443 e. The molecule has 0 aromatic heterocycles. The molecule has 0 N–H and O–H groups in total. The predicted octanol–water partition coefficient (Wildman–Crippen LogP) is 4.19. The summed E-state index contributed by atoms with van der Waals surface area (Å²) < 4.78 is 13.3. The van der Waals surface area contributed by atoms with Crippen LogP contribution in [0.4, 0.5) is 4.79 Å². The lowest BCUT2D eigenvalue weighted by atomic mass is 10.1. The summed E-state index contributed by atoms with van der Waals surface area (Å²) in [5.41, 5.74) is 0.667. The zero-order chi connectivity index (χ0) is 14.8. The van der Waals surface area contributed by atoms with E-state index in [-0.39, 0.29) is 12.1 Å². The van der Waals surface area contributed by atoms with Crippen molar-refractivity contribution in [1.82, 2.24) is 4.31 Å². The van der Waals surface area contributed by atoms with Crippen LogP contribution in [-0.2, 0) is 15.3 Å². The first-order chi connectivity index (χ1) is 9.35. The molecule has 1 amide bonds. The molecule has 0 spiro atoms. The van der Waals surface area contributed by atoms with E-state index in [0.717, 1.165) is 28.7 Å². The van der Waals surface area contributed by atoms with Gasteiger partial charge in [-0.15, -0.1) is 0 Å². The highest BCUT2D eigenvalue weighted by atomic mass is 79.9. The van der Waals surface area contributed by atoms with Crippen LogP contribution in [0.1, 0.15) is 26.3 Å². The lowest BCUT2D eigenvalue weighted by Gasteiger charge is -2.25. The molecule has 0 aliphatic carbocycles. The Labute approximate surface area is 132 Å². The van der Waals surface area contributed by atoms with Crippen LogP contribution in [0.2, 0.25) is 0 Å². The fourth-order valence-electron chi connectivity index (χ4n) is 1.82. The van der Waals surface area contributed by atoms with Gasteiger partial charge in [0.1, 0.15) is 17.8 Å². The Balaban J connectivity index is 2.00. The first-order valence-corrected chi connectivity index (χ1v) is 7.90. The highest BCUT2D eigenvalue weighted by Crippen LogP contribution is 2.29. The molecule has 1 heterocycles. The minimum atomic E-state index is -0.498. The zero-order valence-corrected chi connectivity index (χ0v) is 14.2. The van der Waals surface area contributed by atoms with Gasteiger partial charge in [0.15, 0.2) is 0 Å². The van der Waals surface area contributed by atoms with Gasteiger partial charge in [-0.2, -0.15) is 0 Å². The van der Waals surface area contributed by atoms with E-state index in [1.807, 2.05) is 45.0 Å². The molecule has 6 heteroatoms. The van der Waals surface area contributed by atoms with E-state index in [1.54, 1.807) is 4.31 Å². The minimum absolute atomic E-state index is 0.00368. The average molecular weight is 360 g/mol. The van der Waals surface area contributed by atoms with Crippen LogP contribution in [-0.4, -0.2) is 28.6 Å². The third kappa shape index (κ3) is 4.40. The number of rotatable bonds is 2. The standard InChI is InChI=1S/C14H18BrNO3S/c1-14(2,3)19-13(17)16-12(9-18-20-16)8-10-4-6-11(15)7-5-10/h4-7,12H,8-9H2,1-3H3. The summed E-state index contributed by atoms with van der Waals surface area (Å²) in [6, 6.07) is 8.07. The van der Waals surface area contributed by atoms with Gasteiger partial charge in [-0.1, -0.05) is 28.1 Å². The number of hydrogen-bond donors (Lipinski definition) is 0. The Hall–Kier alpha value is -0.720. The van der Waals surface area contributed by atoms with E-state index in [0.29, 0.717) is 6.61 Å². The maximum atomic E-state index is 12.1. The van der Waals surface area contributed by atoms with Crippen molar-refractivity contribution in [2.45, 2.75) is 38.8 Å². The van der Waals surface area contributed by atoms with Gasteiger partial charge in [-0.05, 0) is 44.9 Å². The van der Waals surface area contributed by atoms with Gasteiger partial charge in [0.25, 0.3) is 0 Å². The van der Waals surface area contributed by atoms with E-state index >= 15 is 0 Å². The molecule has 0 bridgehead atoms. The first kappa shape index (κ1) is 15.7. The number of nitrogens with zero attached hydrogens (tertiary/aromatic N) is 1. The highest BCUT2D eigenvalue weighted by Gasteiger charge is 2.34. The normalized spacial score (nSPS) is 19.2. The van der Waals surface area contributed by atoms with Gasteiger partial charge < -0.3 is 4.74 Å². The van der Waals surface area contributed by atoms with Gasteiger partial charge in [-0.25, -0.2) is 9.10 Å². The van der Waals surface area contributed by atoms with Gasteiger partial charge in [-0.3, -0.25) is 4.18 Å². The third-order valence-electron chi connectivity index (χ3n) is 2.68. The van der Waals surface area contributed by atoms with Crippen LogP contribution < -0.4 is 0 Å². The van der Waals surface area contributed by atoms with Gasteiger partial charge in [0, 0.05) is 4.47 Å². The number of amides is 1. The Morgan fingerprint density at radius 2 is 2.10 bits per heavy atom. The van der Waals surface area contributed by atoms with Gasteiger partial charge in [0.05, 0.1) is 12.6 Å². The number of ether oxygens (including phenoxy) is 1. The SMILES string of the molecule is CC(C)(C)OC(=O)N1SOCC1Cc1ccc(Br)cc1. The molecule has 1 fully saturated rings. The molecule has 4 nitrogen and oxygen atoms in total. The minimum Gasteiger partial charge on any atom is -0.443 e. The maximum Gasteiger partial charge on any atom is 0.422 e. The molecule has 110 valence electrons. The number of carbonyl (C=O) groups excluding carboxylic acids is 1. The van der Waals surface area contributed by atoms with Crippen molar-refractivity contribution in [1.29, 1.82) is 0 Å². The monoisotopic (exact) mass is 359 g/mol. The van der Waals surface area contributed by atoms with Gasteiger partial charge >= 0.3 is 6.09 Å². The summed E-state index contributed by atoms with van der Waals surface area (Å²) in [4.78, 5) is 12.1. The molecule has 1 aliphatic rings. The van der Waals surface area contributed by atoms with Crippen molar-refractivity contribution >= 4 is 34.3 Å². The Morgan fingerprint density at radius 3 is 2.70 bits per heavy atom. The molecular formula is C14H18BrNO3S. The molecular weight excluding hydrogens is 342 g/mol. The maximum absolute atomic E-state index is 12.1. The highest BCUT2D eigenvalue weighted by molar-refractivity contribution is 9.10. The Kier molecular flexibility index (Phi) is 4.99. The van der Waals surface area contributed by atoms with E-state index in [2.05, 4.69) is 15.9 Å². The second-order valence-electron chi connectivity index (χ2n) is 5.65. The van der Waals surface area contributed by atoms with E-state index in [1.165, 1.54) is 0 Å². The molecule has 1 aromatic rings. The molecule has 1 unspecified atom stereocenters. The zero-order valence-electron chi connectivity index (χ0n) is 11.8. The lowest BCUT2D eigenvalue weighted by molar-refractivity contribution is 0.0368. The van der Waals surface area contributed by atoms with E-state index < -0.39 is 5.60 Å². The van der Waals surface area contributed by atoms with Crippen LogP contribution in [0.5, 0.6) is 0 Å². The molecule has 1 atom stereocenters. The van der Waals surface area contributed by atoms with Crippen molar-refractivity contribution < 1.29 is 13.7 Å². The quantitative estimate of drug-likeness (QED) is 0.586. The number of halogens is 1. The van der Waals surface area contributed by atoms with Crippen molar-refractivity contribution in [3.8, 4) is 0 Å². The van der Waals surface area contributed by atoms with Gasteiger partial charge in [0.2, 0.25) is 0 Å². The molecule has 1 aliphatic heterocycles. The number of hydrogen-bond acceptors (Lipinski definition) is 4. The summed E-state index contributed by atoms with van der Waals surface area (Å²) in [5, 5.41) is 0. The van der Waals surface area contributed by atoms with E-state index in [9.17, 15) is 4.79 Å². The smallest absolute Gasteiger partial charge is 0.422 e. The number of carbonyl (C=O) groups is 1. The molecule has 1 aromatic carbocycles. The first-order valence-electron chi connectivity index (χ1n) is 6.41. The van der Waals surface area contributed by atoms with Crippen LogP contribution in [0.3, 0.4) is 0 Å². The summed E-state index contributed by atoms with van der Waals surface area (Å²) >= 11 is 4.48. The van der Waals surface area contributed by atoms with Crippen molar-refractivity contribution in [3.05, 3.63) is 34.3 Å². The molecule has 0 saturated carbocycles. The second-order valence-corrected chi connectivity index (χ2v) is 7.34. The fraction of sp³-hybridized carbons (Fsp3) is 0.500. The fourth-order valence-corrected chi connectivity index (χ4v) is 2.77. The molecule has 2 rings (SSSR count). The van der Waals surface area contributed by atoms with Crippen LogP contribution in [0.15, 0.2) is 28.7 Å². The predicted molar refractivity (Wildman–Crippen MR) is 83.3 cm³/mol. The second kappa shape index (κ2) is 6.37. The number of benzene rings is 1. The van der Waals surface area contributed by atoms with Crippen LogP contribution in [0, 0.1) is 0 Å². The van der Waals surface area contributed by atoms with Crippen molar-refractivity contribution in [2.24, 2.45) is 0 Å². The van der Waals surface area contributed by atoms with Crippen LogP contribution >= 0.6 is 28.2 Å². The average Bonchev–Trinajstić information content (AvgIpc) is 2.78. The van der Waals surface area contributed by atoms with Crippen molar-refractivity contribution in [3.63, 3.8) is 0 Å². The molecule has 1 saturated heterocycles. The lowest BCUT2D eigenvalue weighted by Crippen LogP contribution is -2.38. The topological polar surface area (TPSA) is 38.8 Å². The summed E-state index contributed by atoms with van der Waals surface area (Å²) in [7, 11) is 0. The van der Waals surface area contributed by atoms with E-state index in [4.69, 9.17) is 8.92 Å². The summed E-state index contributed by atoms with van der Waals surface area (Å²) in [6.07, 6.45) is 0.404.